The molecule has 0 saturated carbocycles. The molecule has 0 aliphatic heterocycles. The number of rotatable bonds is 6. The number of H-pyrrole nitrogens is 3. The molecule has 3 aromatic heterocycles. The van der Waals surface area contributed by atoms with Crippen LogP contribution < -0.4 is 16.2 Å². The van der Waals surface area contributed by atoms with Gasteiger partial charge in [-0.15, -0.1) is 0 Å². The molecule has 5 N–H and O–H groups in total. The van der Waals surface area contributed by atoms with Crippen LogP contribution in [0.1, 0.15) is 25.5 Å². The highest BCUT2D eigenvalue weighted by Crippen LogP contribution is 2.31. The second kappa shape index (κ2) is 8.70. The van der Waals surface area contributed by atoms with Gasteiger partial charge in [0.25, 0.3) is 5.56 Å². The van der Waals surface area contributed by atoms with Crippen LogP contribution in [0.3, 0.4) is 0 Å². The summed E-state index contributed by atoms with van der Waals surface area (Å²) in [5.41, 5.74) is 5.31. The molecular weight excluding hydrogens is 452 g/mol. The summed E-state index contributed by atoms with van der Waals surface area (Å²) >= 11 is 0. The minimum atomic E-state index is -0.154. The van der Waals surface area contributed by atoms with Gasteiger partial charge in [-0.1, -0.05) is 50.2 Å². The lowest BCUT2D eigenvalue weighted by Crippen LogP contribution is -2.03. The van der Waals surface area contributed by atoms with E-state index in [0.717, 1.165) is 33.4 Å². The maximum Gasteiger partial charge on any atom is 0.271 e. The summed E-state index contributed by atoms with van der Waals surface area (Å²) in [5, 5.41) is 21.1. The zero-order chi connectivity index (χ0) is 24.6. The maximum atomic E-state index is 11.8. The Morgan fingerprint density at radius 2 is 1.67 bits per heavy atom. The van der Waals surface area contributed by atoms with Crippen molar-refractivity contribution in [3.63, 3.8) is 0 Å². The summed E-state index contributed by atoms with van der Waals surface area (Å²) in [7, 11) is 0. The van der Waals surface area contributed by atoms with E-state index in [2.05, 4.69) is 69.1 Å². The Labute approximate surface area is 206 Å². The summed E-state index contributed by atoms with van der Waals surface area (Å²) in [6.07, 6.45) is 0. The number of anilines is 4. The predicted octanol–water partition coefficient (Wildman–Crippen LogP) is 5.80. The SMILES string of the molecule is CC(C)c1cc(Nc2nc(Nc3ccc4c(=O)[nH][nH]c4c3)nc3ccc(-c4ccccc4)cc23)n[nH]1. The van der Waals surface area contributed by atoms with Crippen molar-refractivity contribution in [1.82, 2.24) is 30.4 Å². The molecule has 0 fully saturated rings. The first kappa shape index (κ1) is 21.6. The van der Waals surface area contributed by atoms with Gasteiger partial charge in [0.2, 0.25) is 5.95 Å². The van der Waals surface area contributed by atoms with Crippen LogP contribution >= 0.6 is 0 Å². The number of aromatic amines is 3. The molecule has 9 heteroatoms. The summed E-state index contributed by atoms with van der Waals surface area (Å²) in [4.78, 5) is 21.4. The van der Waals surface area contributed by atoms with Crippen LogP contribution in [0.25, 0.3) is 32.9 Å². The molecule has 0 spiro atoms. The smallest absolute Gasteiger partial charge is 0.271 e. The summed E-state index contributed by atoms with van der Waals surface area (Å²) in [6.45, 7) is 4.22. The fourth-order valence-electron chi connectivity index (χ4n) is 4.15. The Bertz CT molecular complexity index is 1750. The summed E-state index contributed by atoms with van der Waals surface area (Å²) in [6, 6.07) is 23.8. The number of aromatic nitrogens is 6. The van der Waals surface area contributed by atoms with Crippen molar-refractivity contribution >= 4 is 45.1 Å². The van der Waals surface area contributed by atoms with Crippen LogP contribution in [0.5, 0.6) is 0 Å². The van der Waals surface area contributed by atoms with Crippen molar-refractivity contribution in [2.24, 2.45) is 0 Å². The fraction of sp³-hybridized carbons (Fsp3) is 0.111. The van der Waals surface area contributed by atoms with Gasteiger partial charge in [0, 0.05) is 22.8 Å². The average molecular weight is 477 g/mol. The average Bonchev–Trinajstić information content (AvgIpc) is 3.51. The second-order valence-corrected chi connectivity index (χ2v) is 8.95. The Kier molecular flexibility index (Phi) is 5.22. The van der Waals surface area contributed by atoms with Crippen molar-refractivity contribution < 1.29 is 0 Å². The van der Waals surface area contributed by atoms with Gasteiger partial charge in [0.05, 0.1) is 16.4 Å². The lowest BCUT2D eigenvalue weighted by Gasteiger charge is -2.12. The van der Waals surface area contributed by atoms with Crippen LogP contribution in [0.2, 0.25) is 0 Å². The highest BCUT2D eigenvalue weighted by molar-refractivity contribution is 5.95. The first-order valence-electron chi connectivity index (χ1n) is 11.7. The van der Waals surface area contributed by atoms with Crippen molar-refractivity contribution in [2.75, 3.05) is 10.6 Å². The number of hydrogen-bond acceptors (Lipinski definition) is 6. The molecule has 6 aromatic rings. The third-order valence-electron chi connectivity index (χ3n) is 6.10. The standard InChI is InChI=1S/C27H24N8O/c1-15(2)22-14-24(34-32-22)30-25-20-12-17(16-6-4-3-5-7-16)8-11-21(20)29-27(31-25)28-18-9-10-19-23(13-18)33-35-26(19)36/h3-15H,1-2H3,(H2,33,35,36)(H3,28,29,30,31,32,34). The Morgan fingerprint density at radius 3 is 2.47 bits per heavy atom. The molecule has 0 unspecified atom stereocenters. The van der Waals surface area contributed by atoms with Crippen molar-refractivity contribution in [2.45, 2.75) is 19.8 Å². The van der Waals surface area contributed by atoms with Crippen LogP contribution in [0.4, 0.5) is 23.3 Å². The van der Waals surface area contributed by atoms with Crippen molar-refractivity contribution in [3.05, 3.63) is 88.8 Å². The van der Waals surface area contributed by atoms with E-state index >= 15 is 0 Å². The molecule has 0 saturated heterocycles. The minimum Gasteiger partial charge on any atom is -0.324 e. The quantitative estimate of drug-likeness (QED) is 0.207. The molecule has 36 heavy (non-hydrogen) atoms. The van der Waals surface area contributed by atoms with Crippen LogP contribution in [-0.4, -0.2) is 30.4 Å². The number of nitrogens with one attached hydrogen (secondary N) is 5. The second-order valence-electron chi connectivity index (χ2n) is 8.95. The van der Waals surface area contributed by atoms with Crippen molar-refractivity contribution in [1.29, 1.82) is 0 Å². The molecule has 0 radical (unpaired) electrons. The molecule has 3 heterocycles. The summed E-state index contributed by atoms with van der Waals surface area (Å²) in [5.74, 6) is 2.07. The monoisotopic (exact) mass is 476 g/mol. The minimum absolute atomic E-state index is 0.154. The van der Waals surface area contributed by atoms with Crippen LogP contribution in [0.15, 0.2) is 77.6 Å². The topological polar surface area (TPSA) is 127 Å². The van der Waals surface area contributed by atoms with E-state index in [9.17, 15) is 4.79 Å². The number of benzene rings is 3. The molecule has 0 aliphatic rings. The van der Waals surface area contributed by atoms with E-state index in [1.807, 2.05) is 42.5 Å². The number of hydrogen-bond donors (Lipinski definition) is 5. The fourth-order valence-corrected chi connectivity index (χ4v) is 4.15. The van der Waals surface area contributed by atoms with E-state index in [1.54, 1.807) is 6.07 Å². The zero-order valence-corrected chi connectivity index (χ0v) is 19.8. The Hall–Kier alpha value is -4.92. The van der Waals surface area contributed by atoms with Gasteiger partial charge in [-0.3, -0.25) is 20.1 Å². The van der Waals surface area contributed by atoms with E-state index in [0.29, 0.717) is 34.4 Å². The molecule has 0 aliphatic carbocycles. The van der Waals surface area contributed by atoms with Gasteiger partial charge in [-0.25, -0.2) is 4.98 Å². The third kappa shape index (κ3) is 4.07. The Morgan fingerprint density at radius 1 is 0.806 bits per heavy atom. The highest BCUT2D eigenvalue weighted by Gasteiger charge is 2.13. The van der Waals surface area contributed by atoms with Gasteiger partial charge in [-0.05, 0) is 47.4 Å². The van der Waals surface area contributed by atoms with Gasteiger partial charge < -0.3 is 10.6 Å². The molecule has 0 atom stereocenters. The number of nitrogens with zero attached hydrogens (tertiary/aromatic N) is 3. The highest BCUT2D eigenvalue weighted by atomic mass is 16.1. The lowest BCUT2D eigenvalue weighted by atomic mass is 10.0. The molecule has 178 valence electrons. The van der Waals surface area contributed by atoms with E-state index in [1.165, 1.54) is 0 Å². The van der Waals surface area contributed by atoms with Gasteiger partial charge in [0.1, 0.15) is 5.82 Å². The molecule has 9 nitrogen and oxygen atoms in total. The molecule has 3 aromatic carbocycles. The normalized spacial score (nSPS) is 11.4. The molecule has 0 bridgehead atoms. The lowest BCUT2D eigenvalue weighted by molar-refractivity contribution is 0.811. The number of fused-ring (bicyclic) bond motifs is 2. The van der Waals surface area contributed by atoms with Crippen LogP contribution in [-0.2, 0) is 0 Å². The zero-order valence-electron chi connectivity index (χ0n) is 19.8. The molecule has 0 amide bonds. The van der Waals surface area contributed by atoms with Crippen LogP contribution in [0, 0.1) is 0 Å². The van der Waals surface area contributed by atoms with Gasteiger partial charge >= 0.3 is 0 Å². The molecule has 6 rings (SSSR count). The van der Waals surface area contributed by atoms with Gasteiger partial charge in [0.15, 0.2) is 5.82 Å². The van der Waals surface area contributed by atoms with Gasteiger partial charge in [-0.2, -0.15) is 10.1 Å². The van der Waals surface area contributed by atoms with Crippen molar-refractivity contribution in [3.8, 4) is 11.1 Å². The largest absolute Gasteiger partial charge is 0.324 e. The van der Waals surface area contributed by atoms with E-state index in [-0.39, 0.29) is 5.56 Å². The first-order valence-corrected chi connectivity index (χ1v) is 11.7. The maximum absolute atomic E-state index is 11.8. The summed E-state index contributed by atoms with van der Waals surface area (Å²) < 4.78 is 0. The first-order chi connectivity index (χ1) is 17.5. The van der Waals surface area contributed by atoms with E-state index < -0.39 is 0 Å². The molecular formula is C27H24N8O. The Balaban J connectivity index is 1.43. The van der Waals surface area contributed by atoms with E-state index in [4.69, 9.17) is 9.97 Å². The predicted molar refractivity (Wildman–Crippen MR) is 143 cm³/mol. The third-order valence-corrected chi connectivity index (χ3v) is 6.10.